The van der Waals surface area contributed by atoms with Crippen molar-refractivity contribution in [2.24, 2.45) is 0 Å². The van der Waals surface area contributed by atoms with Gasteiger partial charge in [-0.1, -0.05) is 25.5 Å². The Balaban J connectivity index is 2.39. The molecule has 0 heterocycles. The average Bonchev–Trinajstić information content (AvgIpc) is 2.47. The van der Waals surface area contributed by atoms with Crippen molar-refractivity contribution in [3.8, 4) is 0 Å². The molecule has 0 bridgehead atoms. The number of unbranched alkanes of at least 4 members (excludes halogenated alkanes) is 1. The number of esters is 1. The first kappa shape index (κ1) is 18.5. The molecule has 1 N–H and O–H groups in total. The molecule has 0 saturated heterocycles. The Hall–Kier alpha value is -1.53. The van der Waals surface area contributed by atoms with Gasteiger partial charge in [-0.15, -0.1) is 11.8 Å². The molecular weight excluding hydrogens is 300 g/mol. The summed E-state index contributed by atoms with van der Waals surface area (Å²) in [5.41, 5.74) is 0.791. The Kier molecular flexibility index (Phi) is 8.62. The molecule has 1 aromatic rings. The van der Waals surface area contributed by atoms with Gasteiger partial charge in [0.1, 0.15) is 0 Å². The third kappa shape index (κ3) is 6.95. The average molecular weight is 324 g/mol. The Bertz CT molecular complexity index is 494. The van der Waals surface area contributed by atoms with Crippen LogP contribution in [-0.2, 0) is 14.3 Å². The number of hydrogen-bond donors (Lipinski definition) is 1. The molecule has 122 valence electrons. The minimum absolute atomic E-state index is 0.112. The maximum Gasteiger partial charge on any atom is 0.320 e. The minimum Gasteiger partial charge on any atom is -0.465 e. The van der Waals surface area contributed by atoms with E-state index in [9.17, 15) is 9.59 Å². The van der Waals surface area contributed by atoms with Gasteiger partial charge in [-0.25, -0.2) is 0 Å². The molecule has 0 atom stereocenters. The van der Waals surface area contributed by atoms with Crippen molar-refractivity contribution in [2.45, 2.75) is 24.7 Å². The number of carbonyl (C=O) groups is 2. The first-order valence-corrected chi connectivity index (χ1v) is 8.56. The van der Waals surface area contributed by atoms with Gasteiger partial charge < -0.3 is 10.1 Å². The molecule has 0 fully saturated rings. The zero-order valence-electron chi connectivity index (χ0n) is 13.4. The molecule has 0 aliphatic heterocycles. The van der Waals surface area contributed by atoms with E-state index in [1.54, 1.807) is 23.7 Å². The fourth-order valence-corrected chi connectivity index (χ4v) is 2.39. The number of carbonyl (C=O) groups excluding carboxylic acids is 2. The number of nitrogens with zero attached hydrogens (tertiary/aromatic N) is 1. The van der Waals surface area contributed by atoms with Gasteiger partial charge in [0.2, 0.25) is 5.91 Å². The van der Waals surface area contributed by atoms with Crippen LogP contribution >= 0.6 is 11.8 Å². The van der Waals surface area contributed by atoms with Crippen LogP contribution in [0.3, 0.4) is 0 Å². The molecule has 0 aromatic heterocycles. The van der Waals surface area contributed by atoms with Crippen molar-refractivity contribution in [1.82, 2.24) is 4.90 Å². The van der Waals surface area contributed by atoms with Crippen molar-refractivity contribution in [1.29, 1.82) is 0 Å². The second kappa shape index (κ2) is 10.2. The van der Waals surface area contributed by atoms with Crippen LogP contribution < -0.4 is 5.32 Å². The molecule has 1 aromatic carbocycles. The van der Waals surface area contributed by atoms with Crippen LogP contribution in [0.5, 0.6) is 0 Å². The monoisotopic (exact) mass is 324 g/mol. The van der Waals surface area contributed by atoms with E-state index in [2.05, 4.69) is 5.32 Å². The van der Waals surface area contributed by atoms with Gasteiger partial charge in [-0.2, -0.15) is 0 Å². The fourth-order valence-electron chi connectivity index (χ4n) is 1.84. The topological polar surface area (TPSA) is 58.6 Å². The van der Waals surface area contributed by atoms with E-state index in [1.807, 2.05) is 37.4 Å². The molecule has 0 spiro atoms. The van der Waals surface area contributed by atoms with E-state index < -0.39 is 0 Å². The number of thioether (sulfide) groups is 1. The van der Waals surface area contributed by atoms with Crippen LogP contribution in [-0.4, -0.2) is 49.8 Å². The standard InChI is InChI=1S/C16H24N2O3S/c1-4-5-10-21-16(20)12-18(2)11-15(19)17-13-8-6-7-9-14(13)22-3/h6-9H,4-5,10-12H2,1-3H3,(H,17,19). The third-order valence-corrected chi connectivity index (χ3v) is 3.75. The summed E-state index contributed by atoms with van der Waals surface area (Å²) < 4.78 is 5.07. The highest BCUT2D eigenvalue weighted by Crippen LogP contribution is 2.24. The smallest absolute Gasteiger partial charge is 0.320 e. The predicted molar refractivity (Wildman–Crippen MR) is 90.2 cm³/mol. The number of anilines is 1. The number of para-hydroxylation sites is 1. The summed E-state index contributed by atoms with van der Waals surface area (Å²) in [6.45, 7) is 2.74. The van der Waals surface area contributed by atoms with Crippen LogP contribution in [0.25, 0.3) is 0 Å². The Morgan fingerprint density at radius 3 is 2.68 bits per heavy atom. The Morgan fingerprint density at radius 1 is 1.27 bits per heavy atom. The van der Waals surface area contributed by atoms with E-state index >= 15 is 0 Å². The van der Waals surface area contributed by atoms with Gasteiger partial charge in [0.15, 0.2) is 0 Å². The zero-order chi connectivity index (χ0) is 16.4. The largest absolute Gasteiger partial charge is 0.465 e. The van der Waals surface area contributed by atoms with Gasteiger partial charge >= 0.3 is 5.97 Å². The summed E-state index contributed by atoms with van der Waals surface area (Å²) in [4.78, 5) is 26.2. The number of benzene rings is 1. The normalized spacial score (nSPS) is 10.5. The molecule has 0 radical (unpaired) electrons. The summed E-state index contributed by atoms with van der Waals surface area (Å²) in [7, 11) is 1.72. The quantitative estimate of drug-likeness (QED) is 0.430. The molecule has 0 aliphatic carbocycles. The number of nitrogens with one attached hydrogen (secondary N) is 1. The number of rotatable bonds is 9. The Morgan fingerprint density at radius 2 is 2.00 bits per heavy atom. The molecule has 0 unspecified atom stereocenters. The lowest BCUT2D eigenvalue weighted by Gasteiger charge is -2.16. The SMILES string of the molecule is CCCCOC(=O)CN(C)CC(=O)Nc1ccccc1SC. The van der Waals surface area contributed by atoms with Gasteiger partial charge in [0.25, 0.3) is 0 Å². The molecule has 0 aliphatic rings. The first-order chi connectivity index (χ1) is 10.6. The molecule has 1 rings (SSSR count). The fraction of sp³-hybridized carbons (Fsp3) is 0.500. The third-order valence-electron chi connectivity index (χ3n) is 2.95. The number of hydrogen-bond acceptors (Lipinski definition) is 5. The maximum absolute atomic E-state index is 12.0. The molecule has 1 amide bonds. The van der Waals surface area contributed by atoms with E-state index in [0.29, 0.717) is 6.61 Å². The highest BCUT2D eigenvalue weighted by molar-refractivity contribution is 7.98. The molecule has 22 heavy (non-hydrogen) atoms. The predicted octanol–water partition coefficient (Wildman–Crippen LogP) is 2.62. The second-order valence-electron chi connectivity index (χ2n) is 4.99. The van der Waals surface area contributed by atoms with Crippen molar-refractivity contribution in [3.05, 3.63) is 24.3 Å². The lowest BCUT2D eigenvalue weighted by molar-refractivity contribution is -0.144. The van der Waals surface area contributed by atoms with E-state index in [1.165, 1.54) is 0 Å². The number of ether oxygens (including phenoxy) is 1. The minimum atomic E-state index is -0.298. The Labute approximate surface area is 136 Å². The molecule has 5 nitrogen and oxygen atoms in total. The summed E-state index contributed by atoms with van der Waals surface area (Å²) in [6, 6.07) is 7.63. The van der Waals surface area contributed by atoms with Gasteiger partial charge in [0.05, 0.1) is 25.4 Å². The van der Waals surface area contributed by atoms with Crippen molar-refractivity contribution in [3.63, 3.8) is 0 Å². The first-order valence-electron chi connectivity index (χ1n) is 7.33. The van der Waals surface area contributed by atoms with Gasteiger partial charge in [0, 0.05) is 4.90 Å². The highest BCUT2D eigenvalue weighted by atomic mass is 32.2. The summed E-state index contributed by atoms with van der Waals surface area (Å²) in [5, 5.41) is 2.86. The van der Waals surface area contributed by atoms with Crippen LogP contribution in [0, 0.1) is 0 Å². The van der Waals surface area contributed by atoms with Crippen LogP contribution in [0.1, 0.15) is 19.8 Å². The van der Waals surface area contributed by atoms with E-state index in [0.717, 1.165) is 23.4 Å². The van der Waals surface area contributed by atoms with Crippen molar-refractivity contribution in [2.75, 3.05) is 38.3 Å². The van der Waals surface area contributed by atoms with Crippen molar-refractivity contribution < 1.29 is 14.3 Å². The lowest BCUT2D eigenvalue weighted by Crippen LogP contribution is -2.34. The second-order valence-corrected chi connectivity index (χ2v) is 5.84. The van der Waals surface area contributed by atoms with Gasteiger partial charge in [-0.3, -0.25) is 14.5 Å². The van der Waals surface area contributed by atoms with E-state index in [4.69, 9.17) is 4.74 Å². The maximum atomic E-state index is 12.0. The van der Waals surface area contributed by atoms with Crippen LogP contribution in [0.15, 0.2) is 29.2 Å². The van der Waals surface area contributed by atoms with Gasteiger partial charge in [-0.05, 0) is 31.9 Å². The number of likely N-dealkylation sites (N-methyl/N-ethyl adjacent to an activating group) is 1. The van der Waals surface area contributed by atoms with E-state index in [-0.39, 0.29) is 25.0 Å². The van der Waals surface area contributed by atoms with Crippen LogP contribution in [0.2, 0.25) is 0 Å². The number of amides is 1. The van der Waals surface area contributed by atoms with Crippen molar-refractivity contribution >= 4 is 29.3 Å². The summed E-state index contributed by atoms with van der Waals surface area (Å²) in [6.07, 6.45) is 3.81. The molecular formula is C16H24N2O3S. The molecule has 6 heteroatoms. The summed E-state index contributed by atoms with van der Waals surface area (Å²) >= 11 is 1.58. The highest BCUT2D eigenvalue weighted by Gasteiger charge is 2.12. The zero-order valence-corrected chi connectivity index (χ0v) is 14.2. The molecule has 0 saturated carbocycles. The summed E-state index contributed by atoms with van der Waals surface area (Å²) in [5.74, 6) is -0.446. The van der Waals surface area contributed by atoms with Crippen LogP contribution in [0.4, 0.5) is 5.69 Å². The lowest BCUT2D eigenvalue weighted by atomic mass is 10.3.